The Bertz CT molecular complexity index is 620. The summed E-state index contributed by atoms with van der Waals surface area (Å²) in [6, 6.07) is 1.00. The number of carbonyl (C=O) groups excluding carboxylic acids is 1. The van der Waals surface area contributed by atoms with Crippen LogP contribution in [-0.4, -0.2) is 52.6 Å². The maximum Gasteiger partial charge on any atom is 0.317 e. The van der Waals surface area contributed by atoms with Crippen LogP contribution in [-0.2, 0) is 12.8 Å². The van der Waals surface area contributed by atoms with Gasteiger partial charge in [0.15, 0.2) is 0 Å². The minimum Gasteiger partial charge on any atom is -0.335 e. The molecule has 2 saturated heterocycles. The van der Waals surface area contributed by atoms with Gasteiger partial charge in [0.25, 0.3) is 0 Å². The SMILES string of the molecule is Cc1ncc2c(n1)CCC(NC(=O)N1CCC(C3CCCN3)CC1)C2. The first kappa shape index (κ1) is 16.8. The largest absolute Gasteiger partial charge is 0.335 e. The second-order valence-electron chi connectivity index (χ2n) is 7.81. The Balaban J connectivity index is 1.27. The molecule has 0 spiro atoms. The van der Waals surface area contributed by atoms with Crippen molar-refractivity contribution < 1.29 is 4.79 Å². The summed E-state index contributed by atoms with van der Waals surface area (Å²) in [5, 5.41) is 6.86. The van der Waals surface area contributed by atoms with Gasteiger partial charge in [-0.25, -0.2) is 14.8 Å². The summed E-state index contributed by atoms with van der Waals surface area (Å²) in [4.78, 5) is 23.5. The number of fused-ring (bicyclic) bond motifs is 1. The molecule has 2 N–H and O–H groups in total. The van der Waals surface area contributed by atoms with Crippen LogP contribution in [0.15, 0.2) is 6.20 Å². The molecule has 136 valence electrons. The number of aromatic nitrogens is 2. The van der Waals surface area contributed by atoms with Crippen LogP contribution in [0.2, 0.25) is 0 Å². The molecule has 3 heterocycles. The van der Waals surface area contributed by atoms with E-state index in [1.165, 1.54) is 18.4 Å². The van der Waals surface area contributed by atoms with Gasteiger partial charge in [0.05, 0.1) is 0 Å². The van der Waals surface area contributed by atoms with Crippen molar-refractivity contribution in [2.45, 2.75) is 64.0 Å². The van der Waals surface area contributed by atoms with Gasteiger partial charge >= 0.3 is 6.03 Å². The van der Waals surface area contributed by atoms with Gasteiger partial charge in [-0.2, -0.15) is 0 Å². The van der Waals surface area contributed by atoms with Gasteiger partial charge in [-0.05, 0) is 69.9 Å². The highest BCUT2D eigenvalue weighted by atomic mass is 16.2. The van der Waals surface area contributed by atoms with E-state index in [9.17, 15) is 4.79 Å². The number of hydrogen-bond donors (Lipinski definition) is 2. The summed E-state index contributed by atoms with van der Waals surface area (Å²) in [6.45, 7) is 4.87. The Labute approximate surface area is 149 Å². The summed E-state index contributed by atoms with van der Waals surface area (Å²) in [6.07, 6.45) is 9.55. The fourth-order valence-corrected chi connectivity index (χ4v) is 4.62. The summed E-state index contributed by atoms with van der Waals surface area (Å²) < 4.78 is 0. The molecule has 0 radical (unpaired) electrons. The predicted octanol–water partition coefficient (Wildman–Crippen LogP) is 1.82. The zero-order chi connectivity index (χ0) is 17.2. The topological polar surface area (TPSA) is 70.2 Å². The van der Waals surface area contributed by atoms with E-state index in [0.717, 1.165) is 69.2 Å². The molecule has 1 aliphatic carbocycles. The number of likely N-dealkylation sites (tertiary alicyclic amines) is 1. The van der Waals surface area contributed by atoms with Gasteiger partial charge in [0.1, 0.15) is 5.82 Å². The third kappa shape index (κ3) is 3.78. The van der Waals surface area contributed by atoms with E-state index < -0.39 is 0 Å². The fourth-order valence-electron chi connectivity index (χ4n) is 4.62. The van der Waals surface area contributed by atoms with Gasteiger partial charge in [0.2, 0.25) is 0 Å². The van der Waals surface area contributed by atoms with E-state index in [-0.39, 0.29) is 12.1 Å². The van der Waals surface area contributed by atoms with Gasteiger partial charge in [-0.3, -0.25) is 0 Å². The first-order chi connectivity index (χ1) is 12.2. The van der Waals surface area contributed by atoms with Crippen molar-refractivity contribution in [1.29, 1.82) is 0 Å². The normalized spacial score (nSPS) is 27.2. The molecule has 4 rings (SSSR count). The highest BCUT2D eigenvalue weighted by Gasteiger charge is 2.31. The van der Waals surface area contributed by atoms with Crippen LogP contribution >= 0.6 is 0 Å². The van der Waals surface area contributed by atoms with E-state index in [0.29, 0.717) is 6.04 Å². The van der Waals surface area contributed by atoms with Crippen LogP contribution in [0.5, 0.6) is 0 Å². The molecule has 0 saturated carbocycles. The molecule has 6 nitrogen and oxygen atoms in total. The van der Waals surface area contributed by atoms with Crippen LogP contribution in [0.3, 0.4) is 0 Å². The Morgan fingerprint density at radius 3 is 2.88 bits per heavy atom. The first-order valence-corrected chi connectivity index (χ1v) is 9.79. The lowest BCUT2D eigenvalue weighted by atomic mass is 9.88. The average molecular weight is 343 g/mol. The maximum absolute atomic E-state index is 12.6. The number of piperidine rings is 1. The third-order valence-corrected chi connectivity index (χ3v) is 6.09. The third-order valence-electron chi connectivity index (χ3n) is 6.09. The number of nitrogens with zero attached hydrogens (tertiary/aromatic N) is 3. The fraction of sp³-hybridized carbons (Fsp3) is 0.737. The lowest BCUT2D eigenvalue weighted by Crippen LogP contribution is -2.50. The second-order valence-corrected chi connectivity index (χ2v) is 7.81. The van der Waals surface area contributed by atoms with Crippen LogP contribution in [0, 0.1) is 12.8 Å². The number of carbonyl (C=O) groups is 1. The zero-order valence-corrected chi connectivity index (χ0v) is 15.1. The number of rotatable bonds is 2. The molecule has 2 amide bonds. The molecule has 2 atom stereocenters. The van der Waals surface area contributed by atoms with Crippen molar-refractivity contribution in [1.82, 2.24) is 25.5 Å². The van der Waals surface area contributed by atoms with Crippen molar-refractivity contribution in [3.63, 3.8) is 0 Å². The Morgan fingerprint density at radius 1 is 1.28 bits per heavy atom. The highest BCUT2D eigenvalue weighted by Crippen LogP contribution is 2.26. The van der Waals surface area contributed by atoms with Crippen LogP contribution in [0.4, 0.5) is 4.79 Å². The van der Waals surface area contributed by atoms with E-state index >= 15 is 0 Å². The van der Waals surface area contributed by atoms with Gasteiger partial charge in [-0.15, -0.1) is 0 Å². The van der Waals surface area contributed by atoms with Crippen LogP contribution in [0.25, 0.3) is 0 Å². The Kier molecular flexibility index (Phi) is 4.88. The number of amides is 2. The van der Waals surface area contributed by atoms with Crippen molar-refractivity contribution in [2.24, 2.45) is 5.92 Å². The van der Waals surface area contributed by atoms with Crippen molar-refractivity contribution in [3.05, 3.63) is 23.3 Å². The number of hydrogen-bond acceptors (Lipinski definition) is 4. The zero-order valence-electron chi connectivity index (χ0n) is 15.1. The molecule has 1 aromatic heterocycles. The molecule has 2 fully saturated rings. The predicted molar refractivity (Wildman–Crippen MR) is 96.4 cm³/mol. The minimum absolute atomic E-state index is 0.110. The smallest absolute Gasteiger partial charge is 0.317 e. The molecular formula is C19H29N5O. The monoisotopic (exact) mass is 343 g/mol. The molecule has 1 aromatic rings. The van der Waals surface area contributed by atoms with Gasteiger partial charge in [-0.1, -0.05) is 0 Å². The average Bonchev–Trinajstić information content (AvgIpc) is 3.17. The van der Waals surface area contributed by atoms with E-state index in [1.807, 2.05) is 18.0 Å². The number of aryl methyl sites for hydroxylation is 2. The van der Waals surface area contributed by atoms with E-state index in [1.54, 1.807) is 0 Å². The van der Waals surface area contributed by atoms with Crippen LogP contribution < -0.4 is 10.6 Å². The number of urea groups is 1. The molecular weight excluding hydrogens is 314 g/mol. The second kappa shape index (κ2) is 7.28. The van der Waals surface area contributed by atoms with Crippen LogP contribution in [0.1, 0.15) is 49.2 Å². The molecule has 25 heavy (non-hydrogen) atoms. The summed E-state index contributed by atoms with van der Waals surface area (Å²) in [7, 11) is 0. The molecule has 3 aliphatic rings. The maximum atomic E-state index is 12.6. The molecule has 6 heteroatoms. The van der Waals surface area contributed by atoms with Crippen molar-refractivity contribution in [2.75, 3.05) is 19.6 Å². The molecule has 0 bridgehead atoms. The highest BCUT2D eigenvalue weighted by molar-refractivity contribution is 5.74. The lowest BCUT2D eigenvalue weighted by molar-refractivity contribution is 0.156. The summed E-state index contributed by atoms with van der Waals surface area (Å²) >= 11 is 0. The van der Waals surface area contributed by atoms with Gasteiger partial charge < -0.3 is 15.5 Å². The minimum atomic E-state index is 0.110. The molecule has 2 unspecified atom stereocenters. The first-order valence-electron chi connectivity index (χ1n) is 9.79. The Morgan fingerprint density at radius 2 is 2.12 bits per heavy atom. The number of nitrogens with one attached hydrogen (secondary N) is 2. The standard InChI is InChI=1S/C19H29N5O/c1-13-21-12-15-11-16(4-5-18(15)22-13)23-19(25)24-9-6-14(7-10-24)17-3-2-8-20-17/h12,14,16-17,20H,2-11H2,1H3,(H,23,25). The summed E-state index contributed by atoms with van der Waals surface area (Å²) in [5.41, 5.74) is 2.34. The summed E-state index contributed by atoms with van der Waals surface area (Å²) in [5.74, 6) is 1.58. The molecule has 2 aliphatic heterocycles. The molecule has 0 aromatic carbocycles. The Hall–Kier alpha value is -1.69. The van der Waals surface area contributed by atoms with E-state index in [4.69, 9.17) is 0 Å². The van der Waals surface area contributed by atoms with Crippen molar-refractivity contribution >= 4 is 6.03 Å². The van der Waals surface area contributed by atoms with Gasteiger partial charge in [0, 0.05) is 37.1 Å². The lowest BCUT2D eigenvalue weighted by Gasteiger charge is -2.36. The quantitative estimate of drug-likeness (QED) is 0.859. The van der Waals surface area contributed by atoms with Crippen molar-refractivity contribution in [3.8, 4) is 0 Å². The van der Waals surface area contributed by atoms with E-state index in [2.05, 4.69) is 20.6 Å².